The van der Waals surface area contributed by atoms with Crippen molar-refractivity contribution in [2.75, 3.05) is 13.2 Å². The van der Waals surface area contributed by atoms with Crippen molar-refractivity contribution < 1.29 is 28.6 Å². The molecule has 0 rings (SSSR count). The van der Waals surface area contributed by atoms with Crippen LogP contribution in [0.5, 0.6) is 0 Å². The van der Waals surface area contributed by atoms with Crippen LogP contribution in [0.1, 0.15) is 278 Å². The zero-order valence-corrected chi connectivity index (χ0v) is 40.7. The van der Waals surface area contributed by atoms with Gasteiger partial charge in [0.25, 0.3) is 0 Å². The molecule has 1 unspecified atom stereocenters. The summed E-state index contributed by atoms with van der Waals surface area (Å²) in [6.45, 7) is 6.54. The number of carbonyl (C=O) groups excluding carboxylic acids is 3. The highest BCUT2D eigenvalue weighted by Crippen LogP contribution is 2.15. The summed E-state index contributed by atoms with van der Waals surface area (Å²) in [4.78, 5) is 38.0. The Bertz CT molecular complexity index is 1030. The first-order valence-corrected chi connectivity index (χ1v) is 26.5. The first kappa shape index (κ1) is 58.6. The fourth-order valence-electron chi connectivity index (χ4n) is 7.65. The molecule has 0 aromatic heterocycles. The second-order valence-electron chi connectivity index (χ2n) is 17.8. The second kappa shape index (κ2) is 50.3. The van der Waals surface area contributed by atoms with Crippen LogP contribution < -0.4 is 0 Å². The molecule has 6 nitrogen and oxygen atoms in total. The van der Waals surface area contributed by atoms with Crippen molar-refractivity contribution in [2.45, 2.75) is 284 Å². The van der Waals surface area contributed by atoms with Gasteiger partial charge < -0.3 is 14.2 Å². The van der Waals surface area contributed by atoms with Crippen LogP contribution in [0.3, 0.4) is 0 Å². The molecule has 0 aliphatic carbocycles. The van der Waals surface area contributed by atoms with E-state index in [2.05, 4.69) is 57.2 Å². The topological polar surface area (TPSA) is 78.9 Å². The summed E-state index contributed by atoms with van der Waals surface area (Å²) in [5.41, 5.74) is 0. The van der Waals surface area contributed by atoms with Crippen molar-refractivity contribution in [3.8, 4) is 0 Å². The van der Waals surface area contributed by atoms with Crippen LogP contribution in [0.4, 0.5) is 0 Å². The van der Waals surface area contributed by atoms with Crippen molar-refractivity contribution in [1.82, 2.24) is 0 Å². The molecule has 0 radical (unpaired) electrons. The monoisotopic (exact) mass is 857 g/mol. The number of hydrogen-bond donors (Lipinski definition) is 0. The highest BCUT2D eigenvalue weighted by atomic mass is 16.6. The number of allylic oxidation sites excluding steroid dienone is 6. The minimum atomic E-state index is -0.775. The van der Waals surface area contributed by atoms with Crippen LogP contribution in [-0.4, -0.2) is 37.2 Å². The third kappa shape index (κ3) is 48.5. The number of esters is 3. The van der Waals surface area contributed by atoms with E-state index >= 15 is 0 Å². The largest absolute Gasteiger partial charge is 0.462 e. The highest BCUT2D eigenvalue weighted by molar-refractivity contribution is 5.71. The zero-order valence-electron chi connectivity index (χ0n) is 40.7. The van der Waals surface area contributed by atoms with Crippen LogP contribution in [0.25, 0.3) is 0 Å². The molecule has 356 valence electrons. The molecule has 0 N–H and O–H groups in total. The van der Waals surface area contributed by atoms with E-state index in [1.54, 1.807) is 0 Å². The molecule has 1 atom stereocenters. The molecular formula is C55H100O6. The maximum atomic E-state index is 12.8. The van der Waals surface area contributed by atoms with E-state index in [9.17, 15) is 14.4 Å². The summed E-state index contributed by atoms with van der Waals surface area (Å²) in [7, 11) is 0. The number of carbonyl (C=O) groups is 3. The van der Waals surface area contributed by atoms with Gasteiger partial charge in [0.2, 0.25) is 0 Å². The first-order valence-electron chi connectivity index (χ1n) is 26.5. The lowest BCUT2D eigenvalue weighted by molar-refractivity contribution is -0.167. The fourth-order valence-corrected chi connectivity index (χ4v) is 7.65. The van der Waals surface area contributed by atoms with Gasteiger partial charge in [-0.1, -0.05) is 224 Å². The molecule has 0 aromatic carbocycles. The minimum absolute atomic E-state index is 0.0750. The third-order valence-corrected chi connectivity index (χ3v) is 11.6. The van der Waals surface area contributed by atoms with Crippen LogP contribution in [0.2, 0.25) is 0 Å². The molecule has 0 heterocycles. The number of unbranched alkanes of at least 4 members (excludes halogenated alkanes) is 31. The van der Waals surface area contributed by atoms with E-state index in [0.29, 0.717) is 19.3 Å². The molecule has 0 amide bonds. The summed E-state index contributed by atoms with van der Waals surface area (Å²) in [5.74, 6) is -0.881. The molecule has 6 heteroatoms. The van der Waals surface area contributed by atoms with Gasteiger partial charge in [0, 0.05) is 19.3 Å². The Morgan fingerprint density at radius 1 is 0.344 bits per heavy atom. The van der Waals surface area contributed by atoms with E-state index in [1.807, 2.05) is 0 Å². The lowest BCUT2D eigenvalue weighted by Crippen LogP contribution is -2.30. The summed E-state index contributed by atoms with van der Waals surface area (Å²) in [6, 6.07) is 0. The van der Waals surface area contributed by atoms with Crippen LogP contribution in [0.15, 0.2) is 36.5 Å². The molecular weight excluding hydrogens is 757 g/mol. The van der Waals surface area contributed by atoms with Crippen molar-refractivity contribution >= 4 is 17.9 Å². The van der Waals surface area contributed by atoms with Crippen molar-refractivity contribution in [1.29, 1.82) is 0 Å². The van der Waals surface area contributed by atoms with Crippen molar-refractivity contribution in [2.24, 2.45) is 0 Å². The molecule has 0 saturated heterocycles. The van der Waals surface area contributed by atoms with Crippen molar-refractivity contribution in [3.63, 3.8) is 0 Å². The lowest BCUT2D eigenvalue weighted by atomic mass is 10.0. The maximum absolute atomic E-state index is 12.8. The molecule has 0 bridgehead atoms. The predicted octanol–water partition coefficient (Wildman–Crippen LogP) is 17.3. The number of rotatable bonds is 48. The highest BCUT2D eigenvalue weighted by Gasteiger charge is 2.19. The first-order chi connectivity index (χ1) is 30.0. The number of hydrogen-bond acceptors (Lipinski definition) is 6. The van der Waals surface area contributed by atoms with E-state index in [0.717, 1.165) is 83.5 Å². The number of ether oxygens (including phenoxy) is 3. The average Bonchev–Trinajstić information content (AvgIpc) is 3.26. The van der Waals surface area contributed by atoms with Crippen LogP contribution >= 0.6 is 0 Å². The molecule has 0 saturated carbocycles. The van der Waals surface area contributed by atoms with E-state index < -0.39 is 6.10 Å². The SMILES string of the molecule is CC/C=C\C/C=C\CCCCCCCCCC(=O)OC(COC(=O)CCCCCCC/C=C\CCCCCCCCC)COC(=O)CCCCCCCCCCCCCCC. The Labute approximate surface area is 378 Å². The Balaban J connectivity index is 4.36. The van der Waals surface area contributed by atoms with Crippen LogP contribution in [0, 0.1) is 0 Å². The Hall–Kier alpha value is -2.37. The third-order valence-electron chi connectivity index (χ3n) is 11.6. The average molecular weight is 857 g/mol. The summed E-state index contributed by atoms with van der Waals surface area (Å²) in [5, 5.41) is 0. The smallest absolute Gasteiger partial charge is 0.306 e. The molecule has 0 fully saturated rings. The summed E-state index contributed by atoms with van der Waals surface area (Å²) < 4.78 is 16.8. The van der Waals surface area contributed by atoms with Crippen LogP contribution in [-0.2, 0) is 28.6 Å². The van der Waals surface area contributed by atoms with E-state index in [4.69, 9.17) is 14.2 Å². The van der Waals surface area contributed by atoms with Gasteiger partial charge in [-0.2, -0.15) is 0 Å². The van der Waals surface area contributed by atoms with Gasteiger partial charge in [-0.15, -0.1) is 0 Å². The fraction of sp³-hybridized carbons (Fsp3) is 0.836. The second-order valence-corrected chi connectivity index (χ2v) is 17.8. The van der Waals surface area contributed by atoms with Gasteiger partial charge in [0.05, 0.1) is 0 Å². The Morgan fingerprint density at radius 2 is 0.639 bits per heavy atom. The molecule has 61 heavy (non-hydrogen) atoms. The van der Waals surface area contributed by atoms with Gasteiger partial charge in [0.15, 0.2) is 6.10 Å². The van der Waals surface area contributed by atoms with Crippen molar-refractivity contribution in [3.05, 3.63) is 36.5 Å². The molecule has 0 aliphatic rings. The Morgan fingerprint density at radius 3 is 1.00 bits per heavy atom. The lowest BCUT2D eigenvalue weighted by Gasteiger charge is -2.18. The minimum Gasteiger partial charge on any atom is -0.462 e. The molecule has 0 aliphatic heterocycles. The summed E-state index contributed by atoms with van der Waals surface area (Å²) in [6.07, 6.45) is 58.4. The molecule has 0 aromatic rings. The maximum Gasteiger partial charge on any atom is 0.306 e. The van der Waals surface area contributed by atoms with E-state index in [-0.39, 0.29) is 31.1 Å². The van der Waals surface area contributed by atoms with Gasteiger partial charge >= 0.3 is 17.9 Å². The molecule has 0 spiro atoms. The quantitative estimate of drug-likeness (QED) is 0.0262. The standard InChI is InChI=1S/C55H100O6/c1-4-7-10-13-16-19-22-25-27-28-31-33-36-39-42-45-48-54(57)60-51-52(50-59-53(56)47-44-41-38-35-32-29-24-21-18-15-12-9-6-3)61-55(58)49-46-43-40-37-34-30-26-23-20-17-14-11-8-5-2/h8,11,17,20,27-28,52H,4-7,9-10,12-16,18-19,21-26,29-51H2,1-3H3/b11-8-,20-17-,28-27-. The normalized spacial score (nSPS) is 12.2. The summed E-state index contributed by atoms with van der Waals surface area (Å²) >= 11 is 0. The van der Waals surface area contributed by atoms with Gasteiger partial charge in [-0.3, -0.25) is 14.4 Å². The predicted molar refractivity (Wildman–Crippen MR) is 261 cm³/mol. The zero-order chi connectivity index (χ0) is 44.4. The van der Waals surface area contributed by atoms with Gasteiger partial charge in [-0.25, -0.2) is 0 Å². The Kier molecular flexibility index (Phi) is 48.3. The van der Waals surface area contributed by atoms with Gasteiger partial charge in [0.1, 0.15) is 13.2 Å². The van der Waals surface area contributed by atoms with E-state index in [1.165, 1.54) is 154 Å². The van der Waals surface area contributed by atoms with Gasteiger partial charge in [-0.05, 0) is 70.6 Å².